The number of aliphatic hydroxyl groups is 1. The molecule has 0 aromatic heterocycles. The van der Waals surface area contributed by atoms with Crippen LogP contribution in [0.25, 0.3) is 0 Å². The van der Waals surface area contributed by atoms with Crippen molar-refractivity contribution in [1.29, 1.82) is 0 Å². The van der Waals surface area contributed by atoms with E-state index in [9.17, 15) is 14.7 Å². The van der Waals surface area contributed by atoms with Gasteiger partial charge < -0.3 is 5.11 Å². The summed E-state index contributed by atoms with van der Waals surface area (Å²) in [7, 11) is 0. The van der Waals surface area contributed by atoms with Crippen molar-refractivity contribution in [2.75, 3.05) is 0 Å². The van der Waals surface area contributed by atoms with Gasteiger partial charge in [-0.1, -0.05) is 83.2 Å². The minimum absolute atomic E-state index is 0.0785. The highest BCUT2D eigenvalue weighted by atomic mass is 16.3. The summed E-state index contributed by atoms with van der Waals surface area (Å²) in [4.78, 5) is 27.3. The molecule has 3 nitrogen and oxygen atoms in total. The first-order valence-corrected chi connectivity index (χ1v) is 12.2. The van der Waals surface area contributed by atoms with Gasteiger partial charge in [-0.05, 0) is 55.7 Å². The first-order chi connectivity index (χ1) is 14.9. The van der Waals surface area contributed by atoms with Crippen LogP contribution in [-0.2, 0) is 16.0 Å². The van der Waals surface area contributed by atoms with E-state index in [1.807, 2.05) is 37.3 Å². The molecule has 1 aromatic carbocycles. The Labute approximate surface area is 188 Å². The van der Waals surface area contributed by atoms with Gasteiger partial charge in [0.25, 0.3) is 0 Å². The predicted octanol–water partition coefficient (Wildman–Crippen LogP) is 7.46. The second-order valence-corrected chi connectivity index (χ2v) is 8.96. The van der Waals surface area contributed by atoms with Crippen molar-refractivity contribution >= 4 is 11.6 Å². The highest BCUT2D eigenvalue weighted by Crippen LogP contribution is 2.48. The molecule has 3 heteroatoms. The molecule has 2 rings (SSSR count). The Bertz CT molecular complexity index is 806. The highest BCUT2D eigenvalue weighted by molar-refractivity contribution is 6.24. The fraction of sp³-hybridized carbons (Fsp3) is 0.571. The van der Waals surface area contributed by atoms with Crippen LogP contribution in [0.15, 0.2) is 52.8 Å². The summed E-state index contributed by atoms with van der Waals surface area (Å²) in [5, 5.41) is 11.4. The zero-order valence-electron chi connectivity index (χ0n) is 19.9. The van der Waals surface area contributed by atoms with E-state index in [0.717, 1.165) is 56.1 Å². The lowest BCUT2D eigenvalue weighted by Gasteiger charge is -2.38. The first-order valence-electron chi connectivity index (χ1n) is 12.2. The van der Waals surface area contributed by atoms with Crippen LogP contribution >= 0.6 is 0 Å². The van der Waals surface area contributed by atoms with E-state index in [2.05, 4.69) is 20.8 Å². The van der Waals surface area contributed by atoms with E-state index in [-0.39, 0.29) is 17.3 Å². The molecule has 0 bridgehead atoms. The van der Waals surface area contributed by atoms with Crippen LogP contribution < -0.4 is 0 Å². The number of allylic oxidation sites excluding steroid dienone is 4. The van der Waals surface area contributed by atoms with Gasteiger partial charge in [0.2, 0.25) is 0 Å². The minimum Gasteiger partial charge on any atom is -0.511 e. The number of hydrogen-bond donors (Lipinski definition) is 1. The monoisotopic (exact) mass is 424 g/mol. The highest BCUT2D eigenvalue weighted by Gasteiger charge is 2.48. The third-order valence-electron chi connectivity index (χ3n) is 6.69. The lowest BCUT2D eigenvalue weighted by atomic mass is 9.64. The van der Waals surface area contributed by atoms with Gasteiger partial charge in [0.1, 0.15) is 5.76 Å². The van der Waals surface area contributed by atoms with E-state index in [1.54, 1.807) is 0 Å². The standard InChI is InChI=1S/C28H40O3/c1-5-8-16-23-21(4)25(24(29)18-17-22-14-12-11-13-15-22)27(31)28(26(23)30,19-9-6-2)20-10-7-3/h11-15,30H,5-10,16-20H2,1-4H3. The summed E-state index contributed by atoms with van der Waals surface area (Å²) >= 11 is 0. The maximum Gasteiger partial charge on any atom is 0.180 e. The number of Topliss-reactive ketones (excluding diaryl/α,β-unsaturated/α-hetero) is 2. The summed E-state index contributed by atoms with van der Waals surface area (Å²) in [6.45, 7) is 8.19. The van der Waals surface area contributed by atoms with Crippen LogP contribution in [0.2, 0.25) is 0 Å². The van der Waals surface area contributed by atoms with Crippen LogP contribution in [0.1, 0.15) is 97.5 Å². The van der Waals surface area contributed by atoms with Crippen molar-refractivity contribution in [3.05, 3.63) is 58.4 Å². The molecule has 0 unspecified atom stereocenters. The van der Waals surface area contributed by atoms with Crippen LogP contribution in [0.3, 0.4) is 0 Å². The topological polar surface area (TPSA) is 54.4 Å². The van der Waals surface area contributed by atoms with Gasteiger partial charge in [-0.2, -0.15) is 0 Å². The summed E-state index contributed by atoms with van der Waals surface area (Å²) in [6, 6.07) is 9.94. The van der Waals surface area contributed by atoms with Gasteiger partial charge in [0, 0.05) is 6.42 Å². The SMILES string of the molecule is CCCCC1=C(O)C(CCCC)(CCCC)C(=O)C(C(=O)CCc2ccccc2)=C1C. The van der Waals surface area contributed by atoms with E-state index < -0.39 is 5.41 Å². The van der Waals surface area contributed by atoms with Crippen molar-refractivity contribution in [3.8, 4) is 0 Å². The van der Waals surface area contributed by atoms with Crippen LogP contribution in [0.5, 0.6) is 0 Å². The lowest BCUT2D eigenvalue weighted by Crippen LogP contribution is -2.41. The molecule has 1 aliphatic rings. The summed E-state index contributed by atoms with van der Waals surface area (Å²) in [6.07, 6.45) is 8.49. The number of carbonyl (C=O) groups excluding carboxylic acids is 2. The number of carbonyl (C=O) groups is 2. The smallest absolute Gasteiger partial charge is 0.180 e. The number of aliphatic hydroxyl groups excluding tert-OH is 1. The summed E-state index contributed by atoms with van der Waals surface area (Å²) in [5.74, 6) is 0.0397. The third-order valence-corrected chi connectivity index (χ3v) is 6.69. The molecule has 31 heavy (non-hydrogen) atoms. The number of rotatable bonds is 13. The molecule has 0 spiro atoms. The van der Waals surface area contributed by atoms with Crippen molar-refractivity contribution in [1.82, 2.24) is 0 Å². The van der Waals surface area contributed by atoms with Gasteiger partial charge in [-0.15, -0.1) is 0 Å². The van der Waals surface area contributed by atoms with Gasteiger partial charge in [-0.25, -0.2) is 0 Å². The molecule has 0 heterocycles. The molecule has 1 aliphatic carbocycles. The normalized spacial score (nSPS) is 16.2. The molecule has 170 valence electrons. The van der Waals surface area contributed by atoms with E-state index in [4.69, 9.17) is 0 Å². The number of benzene rings is 1. The van der Waals surface area contributed by atoms with E-state index >= 15 is 0 Å². The molecule has 0 fully saturated rings. The van der Waals surface area contributed by atoms with Crippen LogP contribution in [-0.4, -0.2) is 16.7 Å². The third kappa shape index (κ3) is 5.75. The molecule has 0 saturated carbocycles. The second-order valence-electron chi connectivity index (χ2n) is 8.96. The average Bonchev–Trinajstić information content (AvgIpc) is 2.78. The fourth-order valence-electron chi connectivity index (χ4n) is 4.70. The molecule has 0 radical (unpaired) electrons. The number of ketones is 2. The Balaban J connectivity index is 2.46. The van der Waals surface area contributed by atoms with Crippen molar-refractivity contribution in [2.45, 2.75) is 98.3 Å². The summed E-state index contributed by atoms with van der Waals surface area (Å²) < 4.78 is 0. The van der Waals surface area contributed by atoms with E-state index in [0.29, 0.717) is 36.8 Å². The maximum atomic E-state index is 13.9. The Morgan fingerprint density at radius 3 is 2.03 bits per heavy atom. The van der Waals surface area contributed by atoms with Crippen molar-refractivity contribution in [2.24, 2.45) is 5.41 Å². The molecule has 0 atom stereocenters. The molecule has 0 amide bonds. The molecule has 1 N–H and O–H groups in total. The van der Waals surface area contributed by atoms with Gasteiger partial charge in [-0.3, -0.25) is 9.59 Å². The van der Waals surface area contributed by atoms with Crippen molar-refractivity contribution in [3.63, 3.8) is 0 Å². The molecule has 0 saturated heterocycles. The van der Waals surface area contributed by atoms with Crippen molar-refractivity contribution < 1.29 is 14.7 Å². The zero-order chi connectivity index (χ0) is 22.9. The second kappa shape index (κ2) is 12.0. The van der Waals surface area contributed by atoms with Crippen LogP contribution in [0, 0.1) is 5.41 Å². The largest absolute Gasteiger partial charge is 0.511 e. The van der Waals surface area contributed by atoms with E-state index in [1.165, 1.54) is 0 Å². The minimum atomic E-state index is -0.924. The maximum absolute atomic E-state index is 13.9. The van der Waals surface area contributed by atoms with Gasteiger partial charge in [0.05, 0.1) is 11.0 Å². The fourth-order valence-corrected chi connectivity index (χ4v) is 4.70. The Hall–Kier alpha value is -2.16. The van der Waals surface area contributed by atoms with Gasteiger partial charge >= 0.3 is 0 Å². The summed E-state index contributed by atoms with van der Waals surface area (Å²) in [5.41, 5.74) is 2.08. The molecular formula is C28H40O3. The van der Waals surface area contributed by atoms with Crippen LogP contribution in [0.4, 0.5) is 0 Å². The molecule has 1 aromatic rings. The Kier molecular flexibility index (Phi) is 9.74. The Morgan fingerprint density at radius 2 is 1.48 bits per heavy atom. The first kappa shape index (κ1) is 25.1. The van der Waals surface area contributed by atoms with Gasteiger partial charge in [0.15, 0.2) is 11.6 Å². The Morgan fingerprint density at radius 1 is 0.903 bits per heavy atom. The predicted molar refractivity (Wildman–Crippen MR) is 128 cm³/mol. The average molecular weight is 425 g/mol. The quantitative estimate of drug-likeness (QED) is 0.334. The molecular weight excluding hydrogens is 384 g/mol. The number of aryl methyl sites for hydroxylation is 1. The number of unbranched alkanes of at least 4 members (excludes halogenated alkanes) is 3. The number of hydrogen-bond acceptors (Lipinski definition) is 3. The zero-order valence-corrected chi connectivity index (χ0v) is 19.9. The molecule has 0 aliphatic heterocycles. The lowest BCUT2D eigenvalue weighted by molar-refractivity contribution is -0.128.